The van der Waals surface area contributed by atoms with E-state index in [1.165, 1.54) is 12.0 Å². The van der Waals surface area contributed by atoms with Crippen LogP contribution in [0.15, 0.2) is 37.4 Å². The number of carbonyl (C=O) groups excluding carboxylic acids is 3. The molecular formula is C33H44N4O7. The predicted molar refractivity (Wildman–Crippen MR) is 166 cm³/mol. The molecule has 0 bridgehead atoms. The summed E-state index contributed by atoms with van der Waals surface area (Å²) >= 11 is 0. The van der Waals surface area contributed by atoms with Crippen molar-refractivity contribution in [3.63, 3.8) is 0 Å². The summed E-state index contributed by atoms with van der Waals surface area (Å²) in [4.78, 5) is 50.4. The number of rotatable bonds is 13. The highest BCUT2D eigenvalue weighted by Gasteiger charge is 2.47. The summed E-state index contributed by atoms with van der Waals surface area (Å²) < 4.78 is 22.3. The zero-order valence-corrected chi connectivity index (χ0v) is 26.3. The molecule has 0 spiro atoms. The van der Waals surface area contributed by atoms with Crippen molar-refractivity contribution in [1.82, 2.24) is 20.2 Å². The van der Waals surface area contributed by atoms with Gasteiger partial charge in [0.15, 0.2) is 0 Å². The number of unbranched alkanes of at least 4 members (excludes halogenated alkanes) is 2. The van der Waals surface area contributed by atoms with Crippen LogP contribution in [0.1, 0.15) is 65.0 Å². The van der Waals surface area contributed by atoms with Crippen LogP contribution in [0, 0.1) is 11.3 Å². The van der Waals surface area contributed by atoms with Crippen molar-refractivity contribution in [1.29, 1.82) is 0 Å². The fraction of sp³-hybridized carbons (Fsp3) is 0.545. The van der Waals surface area contributed by atoms with Gasteiger partial charge >= 0.3 is 12.1 Å². The van der Waals surface area contributed by atoms with Gasteiger partial charge in [-0.15, -0.1) is 6.58 Å². The molecule has 2 aliphatic rings. The first kappa shape index (κ1) is 32.8. The molecule has 5 atom stereocenters. The molecule has 2 aromatic rings. The summed E-state index contributed by atoms with van der Waals surface area (Å²) in [5, 5.41) is 2.79. The number of nitrogens with one attached hydrogen (secondary N) is 1. The number of carbonyl (C=O) groups is 3. The van der Waals surface area contributed by atoms with Crippen LogP contribution in [-0.4, -0.2) is 77.9 Å². The first-order valence-corrected chi connectivity index (χ1v) is 15.1. The van der Waals surface area contributed by atoms with E-state index >= 15 is 0 Å². The lowest BCUT2D eigenvalue weighted by Gasteiger charge is -2.34. The first-order chi connectivity index (χ1) is 21.0. The van der Waals surface area contributed by atoms with E-state index in [-0.39, 0.29) is 24.9 Å². The van der Waals surface area contributed by atoms with Crippen molar-refractivity contribution in [2.75, 3.05) is 20.8 Å². The predicted octanol–water partition coefficient (Wildman–Crippen LogP) is 5.08. The Labute approximate surface area is 259 Å². The largest absolute Gasteiger partial charge is 0.497 e. The molecule has 1 saturated heterocycles. The highest BCUT2D eigenvalue weighted by Crippen LogP contribution is 2.38. The minimum absolute atomic E-state index is 0.0751. The number of amides is 2. The third kappa shape index (κ3) is 7.86. The number of allylic oxidation sites excluding steroid dienone is 1. The van der Waals surface area contributed by atoms with Gasteiger partial charge < -0.3 is 29.2 Å². The molecule has 2 fully saturated rings. The highest BCUT2D eigenvalue weighted by molar-refractivity contribution is 5.91. The maximum absolute atomic E-state index is 14.0. The van der Waals surface area contributed by atoms with Crippen LogP contribution in [0.5, 0.6) is 11.6 Å². The van der Waals surface area contributed by atoms with Gasteiger partial charge in [0.05, 0.1) is 31.8 Å². The molecule has 2 amide bonds. The van der Waals surface area contributed by atoms with Crippen molar-refractivity contribution in [3.8, 4) is 11.6 Å². The Kier molecular flexibility index (Phi) is 10.5. The van der Waals surface area contributed by atoms with Crippen LogP contribution in [-0.2, 0) is 19.1 Å². The average molecular weight is 609 g/mol. The van der Waals surface area contributed by atoms with Gasteiger partial charge in [0.25, 0.3) is 0 Å². The fourth-order valence-electron chi connectivity index (χ4n) is 5.49. The van der Waals surface area contributed by atoms with Gasteiger partial charge in [-0.3, -0.25) is 4.79 Å². The van der Waals surface area contributed by atoms with Crippen molar-refractivity contribution >= 4 is 35.1 Å². The van der Waals surface area contributed by atoms with Gasteiger partial charge in [-0.05, 0) is 55.2 Å². The molecule has 1 aliphatic heterocycles. The van der Waals surface area contributed by atoms with Crippen LogP contribution in [0.2, 0.25) is 0 Å². The smallest absolute Gasteiger partial charge is 0.408 e. The van der Waals surface area contributed by atoms with E-state index in [0.29, 0.717) is 28.4 Å². The van der Waals surface area contributed by atoms with E-state index in [9.17, 15) is 14.4 Å². The third-order valence-electron chi connectivity index (χ3n) is 8.08. The summed E-state index contributed by atoms with van der Waals surface area (Å²) in [5.41, 5.74) is 0.950. The Hall–Kier alpha value is -4.15. The van der Waals surface area contributed by atoms with Gasteiger partial charge in [-0.25, -0.2) is 19.6 Å². The van der Waals surface area contributed by atoms with E-state index in [4.69, 9.17) is 18.9 Å². The number of esters is 1. The minimum Gasteiger partial charge on any atom is -0.497 e. The van der Waals surface area contributed by atoms with Gasteiger partial charge in [0, 0.05) is 12.5 Å². The van der Waals surface area contributed by atoms with Gasteiger partial charge in [-0.2, -0.15) is 0 Å². The lowest BCUT2D eigenvalue weighted by molar-refractivity contribution is -0.152. The quantitative estimate of drug-likeness (QED) is 0.188. The molecule has 1 aromatic carbocycles. The van der Waals surface area contributed by atoms with Crippen LogP contribution >= 0.6 is 0 Å². The molecule has 1 unspecified atom stereocenters. The Bertz CT molecular complexity index is 1390. The Morgan fingerprint density at radius 1 is 1.11 bits per heavy atom. The first-order valence-electron chi connectivity index (χ1n) is 15.1. The molecule has 1 aliphatic carbocycles. The number of methoxy groups -OCH3 is 2. The Morgan fingerprint density at radius 2 is 1.89 bits per heavy atom. The van der Waals surface area contributed by atoms with E-state index < -0.39 is 41.6 Å². The fourth-order valence-corrected chi connectivity index (χ4v) is 5.49. The van der Waals surface area contributed by atoms with E-state index in [1.807, 2.05) is 26.8 Å². The zero-order chi connectivity index (χ0) is 32.0. The van der Waals surface area contributed by atoms with Crippen LogP contribution in [0.4, 0.5) is 4.79 Å². The van der Waals surface area contributed by atoms with Crippen molar-refractivity contribution in [3.05, 3.63) is 43.1 Å². The number of likely N-dealkylation sites (tertiary alicyclic amines) is 1. The van der Waals surface area contributed by atoms with Gasteiger partial charge in [-0.1, -0.05) is 39.8 Å². The number of fused-ring (bicyclic) bond motifs is 1. The van der Waals surface area contributed by atoms with E-state index in [1.54, 1.807) is 31.4 Å². The number of aromatic nitrogens is 2. The Morgan fingerprint density at radius 3 is 2.55 bits per heavy atom. The summed E-state index contributed by atoms with van der Waals surface area (Å²) in [7, 11) is 2.84. The molecule has 4 rings (SSSR count). The maximum Gasteiger partial charge on any atom is 0.408 e. The average Bonchev–Trinajstić information content (AvgIpc) is 3.59. The molecule has 0 radical (unpaired) electrons. The minimum atomic E-state index is -0.956. The molecule has 2 heterocycles. The van der Waals surface area contributed by atoms with E-state index in [2.05, 4.69) is 28.4 Å². The van der Waals surface area contributed by atoms with Crippen LogP contribution in [0.25, 0.3) is 17.1 Å². The van der Waals surface area contributed by atoms with E-state index in [0.717, 1.165) is 32.1 Å². The van der Waals surface area contributed by atoms with Gasteiger partial charge in [0.2, 0.25) is 11.8 Å². The monoisotopic (exact) mass is 608 g/mol. The molecule has 238 valence electrons. The lowest BCUT2D eigenvalue weighted by Crippen LogP contribution is -2.57. The molecule has 1 aromatic heterocycles. The molecule has 44 heavy (non-hydrogen) atoms. The summed E-state index contributed by atoms with van der Waals surface area (Å²) in [5.74, 6) is 0.184. The highest BCUT2D eigenvalue weighted by atomic mass is 16.6. The third-order valence-corrected chi connectivity index (χ3v) is 8.08. The van der Waals surface area contributed by atoms with Crippen molar-refractivity contribution in [2.45, 2.75) is 83.6 Å². The second-order valence-corrected chi connectivity index (χ2v) is 12.4. The number of nitrogens with zero attached hydrogens (tertiary/aromatic N) is 3. The molecule has 1 saturated carbocycles. The molecular weight excluding hydrogens is 564 g/mol. The lowest BCUT2D eigenvalue weighted by atomic mass is 9.85. The van der Waals surface area contributed by atoms with Crippen molar-refractivity contribution < 1.29 is 33.3 Å². The second-order valence-electron chi connectivity index (χ2n) is 12.4. The number of alkyl carbamates (subject to hydrolysis) is 1. The van der Waals surface area contributed by atoms with Crippen LogP contribution < -0.4 is 14.8 Å². The molecule has 1 N–H and O–H groups in total. The van der Waals surface area contributed by atoms with Crippen LogP contribution in [0.3, 0.4) is 0 Å². The topological polar surface area (TPSA) is 129 Å². The molecule has 11 heteroatoms. The number of hydrogen-bond acceptors (Lipinski definition) is 9. The summed E-state index contributed by atoms with van der Waals surface area (Å²) in [6, 6.07) is 3.46. The maximum atomic E-state index is 14.0. The number of benzene rings is 1. The summed E-state index contributed by atoms with van der Waals surface area (Å²) in [6.07, 6.45) is 7.14. The summed E-state index contributed by atoms with van der Waals surface area (Å²) in [6.45, 7) is 13.2. The van der Waals surface area contributed by atoms with Gasteiger partial charge in [0.1, 0.15) is 35.7 Å². The van der Waals surface area contributed by atoms with Crippen molar-refractivity contribution in [2.24, 2.45) is 11.3 Å². The molecule has 11 nitrogen and oxygen atoms in total. The zero-order valence-electron chi connectivity index (χ0n) is 26.3. The number of hydrogen-bond donors (Lipinski definition) is 1. The SMILES string of the molecule is C=CCCCC[C@@H]1C[C@H]1OC(=O)NC(C(=O)N1C[C@H](Oc2nc3cc(OC)ccc3nc2C=C)C[C@H]1C(=O)OC)C(C)(C)C. The second kappa shape index (κ2) is 14.1. The standard InChI is InChI=1S/C33H44N4O7/c1-8-10-11-12-13-20-16-27(20)44-32(40)36-28(33(3,4)5)30(38)37-19-22(18-26(37)31(39)42-7)43-29-23(9-2)34-24-15-14-21(41-6)17-25(24)35-29/h8-9,14-15,17,20,22,26-28H,1-2,10-13,16,18-19H2,3-7H3,(H,36,40)/t20-,22-,26+,27-,28?/m1/s1. The normalized spacial score (nSPS) is 21.7. The number of ether oxygens (including phenoxy) is 4. The Balaban J connectivity index is 1.47.